The fourth-order valence-corrected chi connectivity index (χ4v) is 4.06. The van der Waals surface area contributed by atoms with Crippen molar-refractivity contribution in [1.29, 1.82) is 0 Å². The standard InChI is InChI=1S/C25H24N2O4S/c1-3-22(24(29)26-19-12-10-17(11-13-19)25(30)31)32-21-9-5-8-20(15-21)27-23(28)18-7-4-6-16(2)14-18/h4-15,22H,3H2,1-2H3,(H,26,29)(H,27,28)(H,30,31). The van der Waals surface area contributed by atoms with Crippen LogP contribution in [0.2, 0.25) is 0 Å². The maximum Gasteiger partial charge on any atom is 0.335 e. The number of carboxylic acids is 1. The van der Waals surface area contributed by atoms with Gasteiger partial charge in [-0.3, -0.25) is 9.59 Å². The highest BCUT2D eigenvalue weighted by molar-refractivity contribution is 8.00. The van der Waals surface area contributed by atoms with Gasteiger partial charge in [-0.15, -0.1) is 11.8 Å². The van der Waals surface area contributed by atoms with Crippen LogP contribution in [0.4, 0.5) is 11.4 Å². The van der Waals surface area contributed by atoms with E-state index in [9.17, 15) is 14.4 Å². The van der Waals surface area contributed by atoms with Crippen molar-refractivity contribution in [2.75, 3.05) is 10.6 Å². The summed E-state index contributed by atoms with van der Waals surface area (Å²) in [7, 11) is 0. The van der Waals surface area contributed by atoms with Gasteiger partial charge in [-0.05, 0) is 67.9 Å². The molecule has 0 fully saturated rings. The minimum atomic E-state index is -1.01. The number of hydrogen-bond acceptors (Lipinski definition) is 4. The number of carbonyl (C=O) groups is 3. The Bertz CT molecular complexity index is 1130. The van der Waals surface area contributed by atoms with Crippen molar-refractivity contribution >= 4 is 40.9 Å². The molecule has 3 rings (SSSR count). The Morgan fingerprint density at radius 3 is 2.25 bits per heavy atom. The molecule has 0 bridgehead atoms. The number of nitrogens with one attached hydrogen (secondary N) is 2. The number of aromatic carboxylic acids is 1. The van der Waals surface area contributed by atoms with Gasteiger partial charge in [0.2, 0.25) is 5.91 Å². The summed E-state index contributed by atoms with van der Waals surface area (Å²) in [4.78, 5) is 37.1. The second kappa shape index (κ2) is 10.6. The van der Waals surface area contributed by atoms with Gasteiger partial charge in [-0.1, -0.05) is 30.7 Å². The molecule has 0 aromatic heterocycles. The molecule has 0 heterocycles. The van der Waals surface area contributed by atoms with Crippen LogP contribution in [0.25, 0.3) is 0 Å². The molecular weight excluding hydrogens is 424 g/mol. The first-order chi connectivity index (χ1) is 15.4. The lowest BCUT2D eigenvalue weighted by Crippen LogP contribution is -2.24. The van der Waals surface area contributed by atoms with Crippen LogP contribution >= 0.6 is 11.8 Å². The molecule has 32 heavy (non-hydrogen) atoms. The molecule has 1 atom stereocenters. The Kier molecular flexibility index (Phi) is 7.68. The normalized spacial score (nSPS) is 11.4. The molecule has 0 aliphatic carbocycles. The highest BCUT2D eigenvalue weighted by Gasteiger charge is 2.19. The summed E-state index contributed by atoms with van der Waals surface area (Å²) in [6, 6.07) is 20.8. The highest BCUT2D eigenvalue weighted by Crippen LogP contribution is 2.29. The fourth-order valence-electron chi connectivity index (χ4n) is 3.04. The van der Waals surface area contributed by atoms with E-state index in [0.29, 0.717) is 23.4 Å². The minimum absolute atomic E-state index is 0.161. The maximum atomic E-state index is 12.7. The molecule has 0 spiro atoms. The third-order valence-corrected chi connectivity index (χ3v) is 6.07. The van der Waals surface area contributed by atoms with Crippen molar-refractivity contribution in [3.05, 3.63) is 89.5 Å². The average Bonchev–Trinajstić information content (AvgIpc) is 2.78. The first kappa shape index (κ1) is 23.1. The highest BCUT2D eigenvalue weighted by atomic mass is 32.2. The quantitative estimate of drug-likeness (QED) is 0.398. The van der Waals surface area contributed by atoms with Crippen LogP contribution < -0.4 is 10.6 Å². The van der Waals surface area contributed by atoms with Gasteiger partial charge < -0.3 is 15.7 Å². The molecule has 164 valence electrons. The molecule has 0 aliphatic heterocycles. The van der Waals surface area contributed by atoms with Gasteiger partial charge in [0.1, 0.15) is 0 Å². The zero-order valence-corrected chi connectivity index (χ0v) is 18.6. The smallest absolute Gasteiger partial charge is 0.335 e. The first-order valence-corrected chi connectivity index (χ1v) is 11.0. The van der Waals surface area contributed by atoms with E-state index in [1.807, 2.05) is 56.3 Å². The van der Waals surface area contributed by atoms with Crippen molar-refractivity contribution in [2.45, 2.75) is 30.4 Å². The predicted octanol–water partition coefficient (Wildman–Crippen LogP) is 5.45. The topological polar surface area (TPSA) is 95.5 Å². The molecular formula is C25H24N2O4S. The van der Waals surface area contributed by atoms with Crippen LogP contribution in [0.15, 0.2) is 77.7 Å². The number of carboxylic acid groups (broad SMARTS) is 1. The SMILES string of the molecule is CCC(Sc1cccc(NC(=O)c2cccc(C)c2)c1)C(=O)Nc1ccc(C(=O)O)cc1. The van der Waals surface area contributed by atoms with Gasteiger partial charge in [-0.2, -0.15) is 0 Å². The van der Waals surface area contributed by atoms with Gasteiger partial charge in [0.15, 0.2) is 0 Å². The van der Waals surface area contributed by atoms with E-state index in [2.05, 4.69) is 10.6 Å². The molecule has 3 aromatic carbocycles. The molecule has 3 aromatic rings. The van der Waals surface area contributed by atoms with Gasteiger partial charge in [0.25, 0.3) is 5.91 Å². The van der Waals surface area contributed by atoms with Crippen LogP contribution in [0.1, 0.15) is 39.6 Å². The molecule has 6 nitrogen and oxygen atoms in total. The summed E-state index contributed by atoms with van der Waals surface area (Å²) in [6.07, 6.45) is 0.601. The van der Waals surface area contributed by atoms with Gasteiger partial charge in [-0.25, -0.2) is 4.79 Å². The number of thioether (sulfide) groups is 1. The van der Waals surface area contributed by atoms with Gasteiger partial charge in [0, 0.05) is 21.8 Å². The van der Waals surface area contributed by atoms with Crippen molar-refractivity contribution in [2.24, 2.45) is 0 Å². The molecule has 7 heteroatoms. The van der Waals surface area contributed by atoms with Crippen molar-refractivity contribution in [3.8, 4) is 0 Å². The Labute approximate surface area is 191 Å². The second-order valence-corrected chi connectivity index (χ2v) is 8.51. The lowest BCUT2D eigenvalue weighted by Gasteiger charge is -2.15. The van der Waals surface area contributed by atoms with Crippen LogP contribution in [0, 0.1) is 6.92 Å². The second-order valence-electron chi connectivity index (χ2n) is 7.24. The van der Waals surface area contributed by atoms with E-state index in [1.54, 1.807) is 18.2 Å². The van der Waals surface area contributed by atoms with E-state index in [0.717, 1.165) is 10.5 Å². The monoisotopic (exact) mass is 448 g/mol. The van der Waals surface area contributed by atoms with E-state index < -0.39 is 5.97 Å². The lowest BCUT2D eigenvalue weighted by molar-refractivity contribution is -0.115. The number of carbonyl (C=O) groups excluding carboxylic acids is 2. The molecule has 0 saturated heterocycles. The molecule has 2 amide bonds. The average molecular weight is 449 g/mol. The zero-order valence-electron chi connectivity index (χ0n) is 17.8. The number of rotatable bonds is 8. The summed E-state index contributed by atoms with van der Waals surface area (Å²) >= 11 is 1.41. The van der Waals surface area contributed by atoms with Gasteiger partial charge in [0.05, 0.1) is 10.8 Å². The Hall–Kier alpha value is -3.58. The molecule has 1 unspecified atom stereocenters. The molecule has 0 saturated carbocycles. The van der Waals surface area contributed by atoms with E-state index >= 15 is 0 Å². The lowest BCUT2D eigenvalue weighted by atomic mass is 10.1. The Balaban J connectivity index is 1.65. The van der Waals surface area contributed by atoms with Gasteiger partial charge >= 0.3 is 5.97 Å². The summed E-state index contributed by atoms with van der Waals surface area (Å²) < 4.78 is 0. The fraction of sp³-hybridized carbons (Fsp3) is 0.160. The largest absolute Gasteiger partial charge is 0.478 e. The number of benzene rings is 3. The summed E-state index contributed by atoms with van der Waals surface area (Å²) in [6.45, 7) is 3.86. The first-order valence-electron chi connectivity index (χ1n) is 10.1. The van der Waals surface area contributed by atoms with Crippen LogP contribution in [-0.4, -0.2) is 28.1 Å². The van der Waals surface area contributed by atoms with Crippen LogP contribution in [-0.2, 0) is 4.79 Å². The van der Waals surface area contributed by atoms with Crippen molar-refractivity contribution < 1.29 is 19.5 Å². The molecule has 0 aliphatic rings. The van der Waals surface area contributed by atoms with E-state index in [1.165, 1.54) is 23.9 Å². The van der Waals surface area contributed by atoms with Crippen molar-refractivity contribution in [3.63, 3.8) is 0 Å². The van der Waals surface area contributed by atoms with Crippen LogP contribution in [0.3, 0.4) is 0 Å². The van der Waals surface area contributed by atoms with Crippen molar-refractivity contribution in [1.82, 2.24) is 0 Å². The molecule has 0 radical (unpaired) electrons. The maximum absolute atomic E-state index is 12.7. The third-order valence-electron chi connectivity index (χ3n) is 4.71. The van der Waals surface area contributed by atoms with E-state index in [4.69, 9.17) is 5.11 Å². The van der Waals surface area contributed by atoms with Crippen LogP contribution in [0.5, 0.6) is 0 Å². The summed E-state index contributed by atoms with van der Waals surface area (Å²) in [5, 5.41) is 14.4. The summed E-state index contributed by atoms with van der Waals surface area (Å²) in [5.41, 5.74) is 2.95. The minimum Gasteiger partial charge on any atom is -0.478 e. The Morgan fingerprint density at radius 1 is 0.875 bits per heavy atom. The number of amides is 2. The number of aryl methyl sites for hydroxylation is 1. The third kappa shape index (κ3) is 6.21. The predicted molar refractivity (Wildman–Crippen MR) is 128 cm³/mol. The Morgan fingerprint density at radius 2 is 1.59 bits per heavy atom. The zero-order chi connectivity index (χ0) is 23.1. The van der Waals surface area contributed by atoms with E-state index in [-0.39, 0.29) is 22.6 Å². The summed E-state index contributed by atoms with van der Waals surface area (Å²) in [5.74, 6) is -1.38. The molecule has 3 N–H and O–H groups in total. The number of anilines is 2. The number of hydrogen-bond donors (Lipinski definition) is 3.